The molecule has 4 aromatic rings. The van der Waals surface area contributed by atoms with Crippen molar-refractivity contribution in [2.45, 2.75) is 24.2 Å². The molecule has 3 aromatic carbocycles. The molecular weight excluding hydrogens is 449 g/mol. The van der Waals surface area contributed by atoms with Crippen LogP contribution in [0.4, 0.5) is 4.39 Å². The van der Waals surface area contributed by atoms with Crippen LogP contribution < -0.4 is 5.32 Å². The number of nitrogens with zero attached hydrogens (tertiary/aromatic N) is 2. The number of benzene rings is 3. The first-order chi connectivity index (χ1) is 16.5. The zero-order valence-electron chi connectivity index (χ0n) is 18.7. The van der Waals surface area contributed by atoms with Crippen molar-refractivity contribution in [3.63, 3.8) is 0 Å². The van der Waals surface area contributed by atoms with Gasteiger partial charge in [-0.2, -0.15) is 0 Å². The van der Waals surface area contributed by atoms with Gasteiger partial charge in [0.25, 0.3) is 0 Å². The maximum atomic E-state index is 13.8. The second kappa shape index (κ2) is 9.35. The predicted molar refractivity (Wildman–Crippen MR) is 132 cm³/mol. The molecule has 0 fully saturated rings. The molecule has 2 amide bonds. The topological polar surface area (TPSA) is 54.3 Å². The average Bonchev–Trinajstić information content (AvgIpc) is 3.05. The van der Waals surface area contributed by atoms with Crippen molar-refractivity contribution in [1.82, 2.24) is 14.8 Å². The highest BCUT2D eigenvalue weighted by Crippen LogP contribution is 2.42. The van der Waals surface area contributed by atoms with Gasteiger partial charge in [-0.3, -0.25) is 9.59 Å². The van der Waals surface area contributed by atoms with E-state index in [9.17, 15) is 14.0 Å². The molecule has 0 bridgehead atoms. The molecular formula is C27H24FN3O2S. The van der Waals surface area contributed by atoms with Crippen molar-refractivity contribution < 1.29 is 14.0 Å². The van der Waals surface area contributed by atoms with Crippen molar-refractivity contribution in [2.24, 2.45) is 7.05 Å². The van der Waals surface area contributed by atoms with Crippen molar-refractivity contribution in [2.75, 3.05) is 5.75 Å². The molecule has 0 spiro atoms. The smallest absolute Gasteiger partial charge is 0.247 e. The van der Waals surface area contributed by atoms with Gasteiger partial charge in [-0.1, -0.05) is 72.4 Å². The minimum atomic E-state index is -0.808. The Balaban J connectivity index is 1.59. The number of halogens is 1. The minimum Gasteiger partial charge on any atom is -0.350 e. The molecule has 0 saturated heterocycles. The van der Waals surface area contributed by atoms with E-state index in [2.05, 4.69) is 9.88 Å². The number of fused-ring (bicyclic) bond motifs is 3. The number of amides is 2. The van der Waals surface area contributed by atoms with Crippen LogP contribution >= 0.6 is 11.8 Å². The molecule has 0 radical (unpaired) electrons. The first-order valence-corrected chi connectivity index (χ1v) is 12.1. The number of carbonyl (C=O) groups is 2. The third-order valence-electron chi connectivity index (χ3n) is 6.15. The Morgan fingerprint density at radius 1 is 1.00 bits per heavy atom. The largest absolute Gasteiger partial charge is 0.350 e. The van der Waals surface area contributed by atoms with E-state index in [4.69, 9.17) is 0 Å². The summed E-state index contributed by atoms with van der Waals surface area (Å²) in [5.41, 5.74) is 3.59. The lowest BCUT2D eigenvalue weighted by molar-refractivity contribution is -0.139. The number of thioether (sulfide) groups is 1. The van der Waals surface area contributed by atoms with Gasteiger partial charge in [-0.15, -0.1) is 0 Å². The van der Waals surface area contributed by atoms with Crippen molar-refractivity contribution in [1.29, 1.82) is 0 Å². The Morgan fingerprint density at radius 2 is 1.71 bits per heavy atom. The van der Waals surface area contributed by atoms with E-state index in [1.165, 1.54) is 23.9 Å². The fourth-order valence-corrected chi connectivity index (χ4v) is 5.57. The normalized spacial score (nSPS) is 15.8. The van der Waals surface area contributed by atoms with Crippen LogP contribution in [0.5, 0.6) is 0 Å². The maximum absolute atomic E-state index is 13.8. The fraction of sp³-hybridized carbons (Fsp3) is 0.185. The second-order valence-corrected chi connectivity index (χ2v) is 9.30. The Kier molecular flexibility index (Phi) is 6.11. The number of para-hydroxylation sites is 1. The van der Waals surface area contributed by atoms with Crippen LogP contribution in [0.3, 0.4) is 0 Å². The molecule has 0 aliphatic carbocycles. The summed E-state index contributed by atoms with van der Waals surface area (Å²) in [6, 6.07) is 22.9. The van der Waals surface area contributed by atoms with Crippen LogP contribution in [-0.2, 0) is 29.7 Å². The summed E-state index contributed by atoms with van der Waals surface area (Å²) in [4.78, 5) is 28.7. The van der Waals surface area contributed by atoms with Crippen LogP contribution in [0.2, 0.25) is 0 Å². The molecule has 1 N–H and O–H groups in total. The zero-order valence-corrected chi connectivity index (χ0v) is 19.5. The summed E-state index contributed by atoms with van der Waals surface area (Å²) >= 11 is 1.45. The summed E-state index contributed by atoms with van der Waals surface area (Å²) in [5.74, 6) is -0.482. The summed E-state index contributed by atoms with van der Waals surface area (Å²) < 4.78 is 15.6. The summed E-state index contributed by atoms with van der Waals surface area (Å²) in [5, 5.41) is 4.91. The highest BCUT2D eigenvalue weighted by Gasteiger charge is 2.38. The Labute approximate surface area is 201 Å². The number of nitrogens with one attached hydrogen (secondary N) is 1. The van der Waals surface area contributed by atoms with Gasteiger partial charge >= 0.3 is 0 Å². The molecule has 172 valence electrons. The third-order valence-corrected chi connectivity index (χ3v) is 7.31. The zero-order chi connectivity index (χ0) is 23.7. The molecule has 34 heavy (non-hydrogen) atoms. The Morgan fingerprint density at radius 3 is 2.47 bits per heavy atom. The van der Waals surface area contributed by atoms with E-state index >= 15 is 0 Å². The van der Waals surface area contributed by atoms with Crippen LogP contribution in [0.25, 0.3) is 10.9 Å². The van der Waals surface area contributed by atoms with Gasteiger partial charge in [0, 0.05) is 36.6 Å². The molecule has 1 unspecified atom stereocenters. The quantitative estimate of drug-likeness (QED) is 0.453. The average molecular weight is 474 g/mol. The number of aromatic nitrogens is 1. The van der Waals surface area contributed by atoms with Gasteiger partial charge in [0.15, 0.2) is 0 Å². The predicted octanol–water partition coefficient (Wildman–Crippen LogP) is 4.81. The molecule has 1 aromatic heterocycles. The summed E-state index contributed by atoms with van der Waals surface area (Å²) in [7, 11) is 1.97. The number of hydrogen-bond acceptors (Lipinski definition) is 3. The summed E-state index contributed by atoms with van der Waals surface area (Å²) in [6.07, 6.45) is 0. The number of hydrogen-bond donors (Lipinski definition) is 1. The lowest BCUT2D eigenvalue weighted by Crippen LogP contribution is -2.43. The molecule has 7 heteroatoms. The van der Waals surface area contributed by atoms with E-state index in [1.54, 1.807) is 17.0 Å². The summed E-state index contributed by atoms with van der Waals surface area (Å²) in [6.45, 7) is 0.577. The molecule has 0 saturated carbocycles. The van der Waals surface area contributed by atoms with E-state index < -0.39 is 6.04 Å². The van der Waals surface area contributed by atoms with Crippen LogP contribution in [-0.4, -0.2) is 27.0 Å². The first-order valence-electron chi connectivity index (χ1n) is 11.1. The Hall–Kier alpha value is -3.58. The molecule has 5 rings (SSSR count). The van der Waals surface area contributed by atoms with Gasteiger partial charge in [0.2, 0.25) is 11.8 Å². The van der Waals surface area contributed by atoms with E-state index in [-0.39, 0.29) is 29.9 Å². The van der Waals surface area contributed by atoms with Crippen LogP contribution in [0.15, 0.2) is 83.9 Å². The van der Waals surface area contributed by atoms with Crippen LogP contribution in [0.1, 0.15) is 22.7 Å². The monoisotopic (exact) mass is 473 g/mol. The van der Waals surface area contributed by atoms with Crippen molar-refractivity contribution >= 4 is 34.5 Å². The van der Waals surface area contributed by atoms with Gasteiger partial charge < -0.3 is 14.8 Å². The number of rotatable bonds is 5. The standard InChI is InChI=1S/C27H24FN3O2S/c1-30-22-10-6-5-9-21(22)24-25(26(33)29-15-18-7-3-2-4-8-18)31(23(32)17-34-27(24)30)16-19-11-13-20(28)14-12-19/h2-14,25H,15-17H2,1H3,(H,29,33). The molecule has 1 aliphatic heterocycles. The van der Waals surface area contributed by atoms with Crippen LogP contribution in [0, 0.1) is 5.82 Å². The SMILES string of the molecule is Cn1c2c(c3ccccc31)C(C(=O)NCc1ccccc1)N(Cc1ccc(F)cc1)C(=O)CS2. The maximum Gasteiger partial charge on any atom is 0.247 e. The molecule has 1 atom stereocenters. The van der Waals surface area contributed by atoms with E-state index in [0.717, 1.165) is 32.6 Å². The third kappa shape index (κ3) is 4.19. The number of carbonyl (C=O) groups excluding carboxylic acids is 2. The highest BCUT2D eigenvalue weighted by molar-refractivity contribution is 8.00. The van der Waals surface area contributed by atoms with Crippen molar-refractivity contribution in [3.05, 3.63) is 101 Å². The first kappa shape index (κ1) is 22.2. The molecule has 1 aliphatic rings. The number of aryl methyl sites for hydroxylation is 1. The fourth-order valence-electron chi connectivity index (χ4n) is 4.47. The van der Waals surface area contributed by atoms with E-state index in [0.29, 0.717) is 6.54 Å². The van der Waals surface area contributed by atoms with Crippen molar-refractivity contribution in [3.8, 4) is 0 Å². The second-order valence-electron chi connectivity index (χ2n) is 8.34. The lowest BCUT2D eigenvalue weighted by atomic mass is 10.0. The van der Waals surface area contributed by atoms with Gasteiger partial charge in [0.1, 0.15) is 11.9 Å². The lowest BCUT2D eigenvalue weighted by Gasteiger charge is -2.30. The Bertz CT molecular complexity index is 1350. The van der Waals surface area contributed by atoms with Gasteiger partial charge in [0.05, 0.1) is 10.8 Å². The minimum absolute atomic E-state index is 0.130. The molecule has 5 nitrogen and oxygen atoms in total. The molecule has 2 heterocycles. The van der Waals surface area contributed by atoms with Gasteiger partial charge in [-0.25, -0.2) is 4.39 Å². The highest BCUT2D eigenvalue weighted by atomic mass is 32.2. The van der Waals surface area contributed by atoms with Gasteiger partial charge in [-0.05, 0) is 29.3 Å². The van der Waals surface area contributed by atoms with E-state index in [1.807, 2.05) is 61.6 Å².